The molecule has 0 amide bonds. The molecule has 0 radical (unpaired) electrons. The second-order valence-corrected chi connectivity index (χ2v) is 4.82. The maximum absolute atomic E-state index is 11.5. The Morgan fingerprint density at radius 3 is 2.20 bits per heavy atom. The predicted molar refractivity (Wildman–Crippen MR) is 86.7 cm³/mol. The van der Waals surface area contributed by atoms with Gasteiger partial charge in [-0.15, -0.1) is 0 Å². The number of fused-ring (bicyclic) bond motifs is 1. The number of benzene rings is 1. The smallest absolute Gasteiger partial charge is 0.339 e. The van der Waals surface area contributed by atoms with Gasteiger partial charge in [0.25, 0.3) is 0 Å². The maximum atomic E-state index is 11.5. The van der Waals surface area contributed by atoms with Gasteiger partial charge in [-0.2, -0.15) is 0 Å². The molecule has 0 bridgehead atoms. The molecule has 3 heteroatoms. The Kier molecular flexibility index (Phi) is 6.29. The van der Waals surface area contributed by atoms with Gasteiger partial charge in [0.1, 0.15) is 5.58 Å². The first-order chi connectivity index (χ1) is 9.57. The van der Waals surface area contributed by atoms with E-state index in [1.54, 1.807) is 6.92 Å². The van der Waals surface area contributed by atoms with E-state index in [2.05, 4.69) is 38.7 Å². The summed E-state index contributed by atoms with van der Waals surface area (Å²) in [5.41, 5.74) is 2.14. The topological polar surface area (TPSA) is 33.5 Å². The first kappa shape index (κ1) is 16.3. The van der Waals surface area contributed by atoms with Crippen molar-refractivity contribution in [3.8, 4) is 0 Å². The fraction of sp³-hybridized carbons (Fsp3) is 0.471. The van der Waals surface area contributed by atoms with Crippen molar-refractivity contribution in [1.82, 2.24) is 0 Å². The minimum Gasteiger partial charge on any atom is -0.422 e. The van der Waals surface area contributed by atoms with Gasteiger partial charge in [-0.05, 0) is 39.0 Å². The average Bonchev–Trinajstić information content (AvgIpc) is 2.42. The SMILES string of the molecule is CCC.CCN(CC)c1ccc2cc(C)c(=O)oc2c1. The van der Waals surface area contributed by atoms with E-state index in [0.717, 1.165) is 24.2 Å². The van der Waals surface area contributed by atoms with E-state index in [-0.39, 0.29) is 5.63 Å². The summed E-state index contributed by atoms with van der Waals surface area (Å²) in [4.78, 5) is 13.7. The third kappa shape index (κ3) is 3.86. The largest absolute Gasteiger partial charge is 0.422 e. The summed E-state index contributed by atoms with van der Waals surface area (Å²) >= 11 is 0. The van der Waals surface area contributed by atoms with Crippen LogP contribution >= 0.6 is 0 Å². The molecule has 20 heavy (non-hydrogen) atoms. The molecule has 0 saturated heterocycles. The first-order valence-corrected chi connectivity index (χ1v) is 7.36. The van der Waals surface area contributed by atoms with Crippen LogP contribution in [-0.4, -0.2) is 13.1 Å². The molecule has 1 heterocycles. The molecular weight excluding hydrogens is 250 g/mol. The minimum absolute atomic E-state index is 0.255. The van der Waals surface area contributed by atoms with Gasteiger partial charge in [-0.25, -0.2) is 4.79 Å². The summed E-state index contributed by atoms with van der Waals surface area (Å²) < 4.78 is 5.29. The van der Waals surface area contributed by atoms with Crippen LogP contribution in [0.1, 0.15) is 39.7 Å². The van der Waals surface area contributed by atoms with Gasteiger partial charge in [0.2, 0.25) is 0 Å². The van der Waals surface area contributed by atoms with Gasteiger partial charge in [0.05, 0.1) is 0 Å². The highest BCUT2D eigenvalue weighted by Crippen LogP contribution is 2.21. The van der Waals surface area contributed by atoms with Gasteiger partial charge < -0.3 is 9.32 Å². The van der Waals surface area contributed by atoms with Crippen molar-refractivity contribution in [2.75, 3.05) is 18.0 Å². The van der Waals surface area contributed by atoms with Gasteiger partial charge >= 0.3 is 5.63 Å². The normalized spacial score (nSPS) is 10.1. The van der Waals surface area contributed by atoms with Gasteiger partial charge in [-0.1, -0.05) is 20.3 Å². The lowest BCUT2D eigenvalue weighted by Crippen LogP contribution is -2.21. The summed E-state index contributed by atoms with van der Waals surface area (Å²) in [6.07, 6.45) is 1.25. The summed E-state index contributed by atoms with van der Waals surface area (Å²) in [6, 6.07) is 7.87. The van der Waals surface area contributed by atoms with Crippen LogP contribution in [0, 0.1) is 6.92 Å². The highest BCUT2D eigenvalue weighted by atomic mass is 16.4. The van der Waals surface area contributed by atoms with Crippen molar-refractivity contribution >= 4 is 16.7 Å². The van der Waals surface area contributed by atoms with E-state index in [9.17, 15) is 4.79 Å². The zero-order valence-corrected chi connectivity index (χ0v) is 13.2. The van der Waals surface area contributed by atoms with Crippen LogP contribution in [0.2, 0.25) is 0 Å². The van der Waals surface area contributed by atoms with Crippen LogP contribution in [0.25, 0.3) is 11.0 Å². The van der Waals surface area contributed by atoms with E-state index in [4.69, 9.17) is 4.42 Å². The monoisotopic (exact) mass is 275 g/mol. The van der Waals surface area contributed by atoms with E-state index in [0.29, 0.717) is 11.1 Å². The molecule has 3 nitrogen and oxygen atoms in total. The number of anilines is 1. The zero-order chi connectivity index (χ0) is 15.1. The molecular formula is C17H25NO2. The zero-order valence-electron chi connectivity index (χ0n) is 13.2. The Hall–Kier alpha value is -1.77. The Morgan fingerprint density at radius 2 is 1.65 bits per heavy atom. The maximum Gasteiger partial charge on any atom is 0.339 e. The van der Waals surface area contributed by atoms with E-state index in [1.165, 1.54) is 6.42 Å². The van der Waals surface area contributed by atoms with Crippen LogP contribution < -0.4 is 10.5 Å². The van der Waals surface area contributed by atoms with Crippen molar-refractivity contribution in [3.05, 3.63) is 40.2 Å². The van der Waals surface area contributed by atoms with Crippen LogP contribution in [-0.2, 0) is 0 Å². The van der Waals surface area contributed by atoms with Crippen LogP contribution in [0.4, 0.5) is 5.69 Å². The molecule has 0 N–H and O–H groups in total. The van der Waals surface area contributed by atoms with Crippen LogP contribution in [0.5, 0.6) is 0 Å². The first-order valence-electron chi connectivity index (χ1n) is 7.36. The van der Waals surface area contributed by atoms with E-state index >= 15 is 0 Å². The van der Waals surface area contributed by atoms with Gasteiger partial charge in [0.15, 0.2) is 0 Å². The lowest BCUT2D eigenvalue weighted by atomic mass is 10.1. The number of rotatable bonds is 3. The van der Waals surface area contributed by atoms with E-state index < -0.39 is 0 Å². The molecule has 1 aromatic carbocycles. The summed E-state index contributed by atoms with van der Waals surface area (Å²) in [6.45, 7) is 12.1. The fourth-order valence-electron chi connectivity index (χ4n) is 1.99. The molecule has 2 rings (SSSR count). The molecule has 0 saturated carbocycles. The lowest BCUT2D eigenvalue weighted by Gasteiger charge is -2.20. The molecule has 0 aliphatic heterocycles. The molecule has 0 unspecified atom stereocenters. The second-order valence-electron chi connectivity index (χ2n) is 4.82. The molecule has 2 aromatic rings. The molecule has 1 aromatic heterocycles. The average molecular weight is 275 g/mol. The molecule has 0 aliphatic carbocycles. The summed E-state index contributed by atoms with van der Waals surface area (Å²) in [5.74, 6) is 0. The molecule has 0 fully saturated rings. The standard InChI is InChI=1S/C14H17NO2.C3H8/c1-4-15(5-2)12-7-6-11-8-10(3)14(16)17-13(11)9-12;1-3-2/h6-9H,4-5H2,1-3H3;3H2,1-2H3. The minimum atomic E-state index is -0.255. The number of hydrogen-bond donors (Lipinski definition) is 0. The number of nitrogens with zero attached hydrogens (tertiary/aromatic N) is 1. The van der Waals surface area contributed by atoms with E-state index in [1.807, 2.05) is 18.2 Å². The van der Waals surface area contributed by atoms with Crippen molar-refractivity contribution in [2.24, 2.45) is 0 Å². The molecule has 0 spiro atoms. The summed E-state index contributed by atoms with van der Waals surface area (Å²) in [7, 11) is 0. The Labute approximate surface area is 121 Å². The molecule has 110 valence electrons. The van der Waals surface area contributed by atoms with Crippen molar-refractivity contribution < 1.29 is 4.42 Å². The molecule has 0 aliphatic rings. The van der Waals surface area contributed by atoms with Gasteiger partial charge in [0, 0.05) is 35.8 Å². The third-order valence-corrected chi connectivity index (χ3v) is 3.02. The second kappa shape index (κ2) is 7.73. The highest BCUT2D eigenvalue weighted by Gasteiger charge is 2.05. The predicted octanol–water partition coefficient (Wildman–Crippen LogP) is 4.36. The summed E-state index contributed by atoms with van der Waals surface area (Å²) in [5, 5.41) is 0.970. The number of aryl methyl sites for hydroxylation is 1. The fourth-order valence-corrected chi connectivity index (χ4v) is 1.99. The van der Waals surface area contributed by atoms with Crippen LogP contribution in [0.3, 0.4) is 0 Å². The lowest BCUT2D eigenvalue weighted by molar-refractivity contribution is 0.555. The van der Waals surface area contributed by atoms with Crippen molar-refractivity contribution in [1.29, 1.82) is 0 Å². The number of hydrogen-bond acceptors (Lipinski definition) is 3. The quantitative estimate of drug-likeness (QED) is 0.780. The third-order valence-electron chi connectivity index (χ3n) is 3.02. The Morgan fingerprint density at radius 1 is 1.05 bits per heavy atom. The Bertz CT molecular complexity index is 597. The van der Waals surface area contributed by atoms with Gasteiger partial charge in [-0.3, -0.25) is 0 Å². The van der Waals surface area contributed by atoms with Crippen LogP contribution in [0.15, 0.2) is 33.5 Å². The Balaban J connectivity index is 0.000000612. The molecule has 0 atom stereocenters. The van der Waals surface area contributed by atoms with Crippen molar-refractivity contribution in [2.45, 2.75) is 41.0 Å². The van der Waals surface area contributed by atoms with Crippen molar-refractivity contribution in [3.63, 3.8) is 0 Å². The highest BCUT2D eigenvalue weighted by molar-refractivity contribution is 5.81.